The number of allylic oxidation sites excluding steroid dienone is 3. The van der Waals surface area contributed by atoms with E-state index in [0.29, 0.717) is 6.61 Å². The summed E-state index contributed by atoms with van der Waals surface area (Å²) < 4.78 is 5.24. The molecule has 146 valence electrons. The van der Waals surface area contributed by atoms with Gasteiger partial charge in [0.1, 0.15) is 0 Å². The molecular weight excluding hydrogens is 352 g/mol. The van der Waals surface area contributed by atoms with Crippen molar-refractivity contribution >= 4 is 27.7 Å². The third-order valence-electron chi connectivity index (χ3n) is 3.18. The minimum atomic E-state index is -0.313. The van der Waals surface area contributed by atoms with Crippen molar-refractivity contribution in [3.05, 3.63) is 24.3 Å². The monoisotopic (exact) mass is 388 g/mol. The summed E-state index contributed by atoms with van der Waals surface area (Å²) in [5.41, 5.74) is 0. The molecule has 0 spiro atoms. The van der Waals surface area contributed by atoms with Crippen molar-refractivity contribution in [2.45, 2.75) is 52.0 Å². The molecule has 0 rings (SSSR count). The number of likely N-dealkylation sites (N-methyl/N-ethyl adjacent to an activating group) is 1. The molecule has 0 radical (unpaired) electrons. The van der Waals surface area contributed by atoms with E-state index in [1.807, 2.05) is 41.8 Å². The minimum absolute atomic E-state index is 0.103. The number of ether oxygens (including phenoxy) is 1. The van der Waals surface area contributed by atoms with Crippen molar-refractivity contribution < 1.29 is 9.53 Å². The molecule has 25 heavy (non-hydrogen) atoms. The van der Waals surface area contributed by atoms with Crippen LogP contribution in [0.15, 0.2) is 24.3 Å². The first-order chi connectivity index (χ1) is 12.1. The molecule has 0 aliphatic heterocycles. The average molecular weight is 389 g/mol. The first-order valence-corrected chi connectivity index (χ1v) is 11.7. The lowest BCUT2D eigenvalue weighted by Gasteiger charge is -2.21. The van der Waals surface area contributed by atoms with Crippen LogP contribution in [0.3, 0.4) is 0 Å². The van der Waals surface area contributed by atoms with Crippen LogP contribution in [0.4, 0.5) is 4.79 Å². The standard InChI is InChI=1S/C19H36N2O2S2/c1-5-7-9-11-13-15-24-25-17-18(16-21(3)4)20-19(22)23-14-12-10-8-6-2/h7-10,18H,5-6,11-17H2,1-4H3,(H,20,22)/b9-7+,10-8+. The van der Waals surface area contributed by atoms with Gasteiger partial charge in [0.05, 0.1) is 12.6 Å². The van der Waals surface area contributed by atoms with Gasteiger partial charge in [0.2, 0.25) is 0 Å². The number of rotatable bonds is 15. The smallest absolute Gasteiger partial charge is 0.407 e. The number of unbranched alkanes of at least 4 members (excludes halogenated alkanes) is 1. The molecule has 4 nitrogen and oxygen atoms in total. The second-order valence-corrected chi connectivity index (χ2v) is 8.66. The number of nitrogens with one attached hydrogen (secondary N) is 1. The Morgan fingerprint density at radius 2 is 1.76 bits per heavy atom. The van der Waals surface area contributed by atoms with Gasteiger partial charge in [0, 0.05) is 18.1 Å². The zero-order chi connectivity index (χ0) is 18.8. The Morgan fingerprint density at radius 1 is 1.08 bits per heavy atom. The number of carbonyl (C=O) groups is 1. The van der Waals surface area contributed by atoms with Crippen molar-refractivity contribution in [2.75, 3.05) is 38.8 Å². The zero-order valence-corrected chi connectivity index (χ0v) is 18.0. The van der Waals surface area contributed by atoms with Gasteiger partial charge in [-0.2, -0.15) is 0 Å². The Kier molecular flexibility index (Phi) is 17.8. The summed E-state index contributed by atoms with van der Waals surface area (Å²) in [5, 5.41) is 2.99. The predicted octanol–water partition coefficient (Wildman–Crippen LogP) is 5.13. The largest absolute Gasteiger partial charge is 0.449 e. The van der Waals surface area contributed by atoms with E-state index in [4.69, 9.17) is 4.74 Å². The van der Waals surface area contributed by atoms with Crippen LogP contribution in [-0.4, -0.2) is 55.8 Å². The Labute approximate surface area is 162 Å². The van der Waals surface area contributed by atoms with E-state index >= 15 is 0 Å². The summed E-state index contributed by atoms with van der Waals surface area (Å²) >= 11 is 0. The van der Waals surface area contributed by atoms with E-state index in [2.05, 4.69) is 42.3 Å². The molecule has 1 N–H and O–H groups in total. The van der Waals surface area contributed by atoms with Gasteiger partial charge in [0.25, 0.3) is 0 Å². The molecule has 6 heteroatoms. The number of alkyl carbamates (subject to hydrolysis) is 1. The summed E-state index contributed by atoms with van der Waals surface area (Å²) in [5.74, 6) is 2.03. The fourth-order valence-electron chi connectivity index (χ4n) is 2.03. The fraction of sp³-hybridized carbons (Fsp3) is 0.737. The Hall–Kier alpha value is -0.590. The molecular formula is C19H36N2O2S2. The molecule has 1 unspecified atom stereocenters. The molecule has 0 fully saturated rings. The number of carbonyl (C=O) groups excluding carboxylic acids is 1. The summed E-state index contributed by atoms with van der Waals surface area (Å²) in [6.07, 6.45) is 13.6. The molecule has 0 aliphatic carbocycles. The van der Waals surface area contributed by atoms with E-state index in [1.54, 1.807) is 0 Å². The van der Waals surface area contributed by atoms with Crippen LogP contribution in [0, 0.1) is 0 Å². The molecule has 0 heterocycles. The van der Waals surface area contributed by atoms with E-state index in [9.17, 15) is 4.79 Å². The highest BCUT2D eigenvalue weighted by Crippen LogP contribution is 2.23. The van der Waals surface area contributed by atoms with Crippen LogP contribution in [0.2, 0.25) is 0 Å². The second-order valence-electron chi connectivity index (χ2n) is 6.04. The lowest BCUT2D eigenvalue weighted by atomic mass is 10.3. The van der Waals surface area contributed by atoms with Crippen molar-refractivity contribution in [2.24, 2.45) is 0 Å². The van der Waals surface area contributed by atoms with Crippen molar-refractivity contribution in [3.8, 4) is 0 Å². The van der Waals surface area contributed by atoms with Gasteiger partial charge >= 0.3 is 6.09 Å². The van der Waals surface area contributed by atoms with Crippen LogP contribution in [0.1, 0.15) is 46.0 Å². The minimum Gasteiger partial charge on any atom is -0.449 e. The highest BCUT2D eigenvalue weighted by atomic mass is 33.1. The van der Waals surface area contributed by atoms with Crippen LogP contribution in [0.5, 0.6) is 0 Å². The summed E-state index contributed by atoms with van der Waals surface area (Å²) in [6.45, 7) is 5.50. The van der Waals surface area contributed by atoms with Gasteiger partial charge in [-0.1, -0.05) is 59.7 Å². The second kappa shape index (κ2) is 18.2. The van der Waals surface area contributed by atoms with E-state index < -0.39 is 0 Å². The van der Waals surface area contributed by atoms with E-state index in [-0.39, 0.29) is 12.1 Å². The molecule has 0 aromatic carbocycles. The topological polar surface area (TPSA) is 41.6 Å². The quantitative estimate of drug-likeness (QED) is 0.239. The van der Waals surface area contributed by atoms with Crippen LogP contribution in [-0.2, 0) is 4.74 Å². The maximum atomic E-state index is 11.9. The van der Waals surface area contributed by atoms with Gasteiger partial charge in [-0.3, -0.25) is 0 Å². The molecule has 0 aromatic rings. The first-order valence-electron chi connectivity index (χ1n) is 9.22. The van der Waals surface area contributed by atoms with Crippen molar-refractivity contribution in [3.63, 3.8) is 0 Å². The maximum Gasteiger partial charge on any atom is 0.407 e. The van der Waals surface area contributed by atoms with Crippen molar-refractivity contribution in [1.82, 2.24) is 10.2 Å². The molecule has 0 aliphatic rings. The Bertz CT molecular complexity index is 374. The highest BCUT2D eigenvalue weighted by molar-refractivity contribution is 8.76. The van der Waals surface area contributed by atoms with Gasteiger partial charge in [-0.15, -0.1) is 0 Å². The maximum absolute atomic E-state index is 11.9. The van der Waals surface area contributed by atoms with Gasteiger partial charge < -0.3 is 15.0 Å². The number of amides is 1. The summed E-state index contributed by atoms with van der Waals surface area (Å²) in [4.78, 5) is 14.0. The molecule has 0 aromatic heterocycles. The molecule has 1 atom stereocenters. The van der Waals surface area contributed by atoms with E-state index in [0.717, 1.165) is 43.7 Å². The zero-order valence-electron chi connectivity index (χ0n) is 16.3. The highest BCUT2D eigenvalue weighted by Gasteiger charge is 2.14. The lowest BCUT2D eigenvalue weighted by molar-refractivity contribution is 0.143. The molecule has 1 amide bonds. The van der Waals surface area contributed by atoms with Crippen molar-refractivity contribution in [1.29, 1.82) is 0 Å². The van der Waals surface area contributed by atoms with E-state index in [1.165, 1.54) is 6.42 Å². The number of hydrogen-bond acceptors (Lipinski definition) is 5. The summed E-state index contributed by atoms with van der Waals surface area (Å²) in [7, 11) is 7.75. The predicted molar refractivity (Wildman–Crippen MR) is 114 cm³/mol. The third kappa shape index (κ3) is 18.0. The number of hydrogen-bond donors (Lipinski definition) is 1. The van der Waals surface area contributed by atoms with Crippen LogP contribution < -0.4 is 5.32 Å². The SMILES string of the molecule is CC/C=C/CCCSSCC(CN(C)C)NC(=O)OCC/C=C/CC. The molecule has 0 saturated heterocycles. The number of nitrogens with zero attached hydrogens (tertiary/aromatic N) is 1. The molecule has 0 saturated carbocycles. The third-order valence-corrected chi connectivity index (χ3v) is 5.75. The first kappa shape index (κ1) is 24.4. The molecule has 0 bridgehead atoms. The van der Waals surface area contributed by atoms with Gasteiger partial charge in [0.15, 0.2) is 0 Å². The van der Waals surface area contributed by atoms with Crippen LogP contribution in [0.25, 0.3) is 0 Å². The van der Waals surface area contributed by atoms with Gasteiger partial charge in [-0.25, -0.2) is 4.79 Å². The van der Waals surface area contributed by atoms with Gasteiger partial charge in [-0.05, 0) is 46.2 Å². The lowest BCUT2D eigenvalue weighted by Crippen LogP contribution is -2.43. The Balaban J connectivity index is 3.92. The summed E-state index contributed by atoms with van der Waals surface area (Å²) in [6, 6.07) is 0.103. The Morgan fingerprint density at radius 3 is 2.40 bits per heavy atom. The normalized spacial score (nSPS) is 13.0. The van der Waals surface area contributed by atoms with Crippen LogP contribution >= 0.6 is 21.6 Å². The fourth-order valence-corrected chi connectivity index (χ4v) is 4.37. The average Bonchev–Trinajstić information content (AvgIpc) is 2.56.